The highest BCUT2D eigenvalue weighted by atomic mass is 16.5. The summed E-state index contributed by atoms with van der Waals surface area (Å²) in [6, 6.07) is 8.11. The van der Waals surface area contributed by atoms with Crippen LogP contribution in [0.1, 0.15) is 23.0 Å². The molecule has 0 fully saturated rings. The average Bonchev–Trinajstić information content (AvgIpc) is 3.24. The van der Waals surface area contributed by atoms with Crippen LogP contribution in [0.25, 0.3) is 44.3 Å². The summed E-state index contributed by atoms with van der Waals surface area (Å²) >= 11 is 0. The molecule has 5 aromatic rings. The summed E-state index contributed by atoms with van der Waals surface area (Å²) in [4.78, 5) is 17.2. The predicted octanol–water partition coefficient (Wildman–Crippen LogP) is 5.07. The van der Waals surface area contributed by atoms with E-state index in [-0.39, 0.29) is 0 Å². The third kappa shape index (κ3) is 2.74. The number of hydrogen-bond donors (Lipinski definition) is 1. The molecule has 0 aliphatic carbocycles. The Morgan fingerprint density at radius 1 is 1.03 bits per heavy atom. The Balaban J connectivity index is 1.86. The topological polar surface area (TPSA) is 89.7 Å². The zero-order chi connectivity index (χ0) is 21.0. The van der Waals surface area contributed by atoms with Gasteiger partial charge in [0.15, 0.2) is 0 Å². The number of rotatable bonds is 3. The van der Waals surface area contributed by atoms with Gasteiger partial charge in [0.1, 0.15) is 23.0 Å². The van der Waals surface area contributed by atoms with E-state index in [0.717, 1.165) is 67.2 Å². The normalized spacial score (nSPS) is 11.5. The van der Waals surface area contributed by atoms with Gasteiger partial charge in [-0.15, -0.1) is 0 Å². The van der Waals surface area contributed by atoms with Gasteiger partial charge in [-0.25, -0.2) is 9.97 Å². The highest BCUT2D eigenvalue weighted by Crippen LogP contribution is 2.41. The summed E-state index contributed by atoms with van der Waals surface area (Å²) in [5, 5.41) is 6.06. The number of methoxy groups -OCH3 is 1. The van der Waals surface area contributed by atoms with E-state index in [4.69, 9.17) is 14.2 Å². The number of nitrogens with zero attached hydrogens (tertiary/aromatic N) is 4. The van der Waals surface area contributed by atoms with Crippen LogP contribution >= 0.6 is 0 Å². The first-order chi connectivity index (χ1) is 14.5. The fourth-order valence-corrected chi connectivity index (χ4v) is 4.07. The van der Waals surface area contributed by atoms with Crippen molar-refractivity contribution in [3.05, 3.63) is 53.4 Å². The second-order valence-electron chi connectivity index (χ2n) is 7.45. The lowest BCUT2D eigenvalue weighted by Crippen LogP contribution is -1.94. The van der Waals surface area contributed by atoms with Gasteiger partial charge >= 0.3 is 0 Å². The van der Waals surface area contributed by atoms with Crippen molar-refractivity contribution < 1.29 is 9.26 Å². The number of aryl methyl sites for hydroxylation is 4. The van der Waals surface area contributed by atoms with E-state index in [2.05, 4.69) is 26.2 Å². The lowest BCUT2D eigenvalue weighted by molar-refractivity contribution is 0.393. The molecule has 4 aromatic heterocycles. The molecular weight excluding hydrogens is 378 g/mol. The summed E-state index contributed by atoms with van der Waals surface area (Å²) < 4.78 is 11.1. The van der Waals surface area contributed by atoms with Gasteiger partial charge in [-0.1, -0.05) is 5.16 Å². The number of ether oxygens (including phenoxy) is 1. The number of H-pyrrole nitrogens is 1. The van der Waals surface area contributed by atoms with Gasteiger partial charge in [0, 0.05) is 33.9 Å². The van der Waals surface area contributed by atoms with Crippen molar-refractivity contribution in [2.45, 2.75) is 27.7 Å². The minimum Gasteiger partial charge on any atom is -0.496 e. The van der Waals surface area contributed by atoms with Crippen LogP contribution in [0, 0.1) is 27.7 Å². The van der Waals surface area contributed by atoms with E-state index >= 15 is 0 Å². The smallest absolute Gasteiger partial charge is 0.142 e. The Kier molecular flexibility index (Phi) is 4.06. The van der Waals surface area contributed by atoms with Crippen LogP contribution in [0.2, 0.25) is 0 Å². The maximum Gasteiger partial charge on any atom is 0.142 e. The number of hydrogen-bond acceptors (Lipinski definition) is 6. The summed E-state index contributed by atoms with van der Waals surface area (Å²) in [5.74, 6) is 2.21. The fraction of sp³-hybridized carbons (Fsp3) is 0.217. The molecule has 0 unspecified atom stereocenters. The first-order valence-corrected chi connectivity index (χ1v) is 9.70. The van der Waals surface area contributed by atoms with E-state index in [1.165, 1.54) is 0 Å². The van der Waals surface area contributed by atoms with Gasteiger partial charge in [-0.2, -0.15) is 0 Å². The van der Waals surface area contributed by atoms with Gasteiger partial charge in [0.2, 0.25) is 0 Å². The molecule has 1 aromatic carbocycles. The van der Waals surface area contributed by atoms with Crippen LogP contribution in [0.15, 0.2) is 35.0 Å². The molecule has 150 valence electrons. The maximum atomic E-state index is 5.76. The number of aromatic amines is 1. The summed E-state index contributed by atoms with van der Waals surface area (Å²) in [6.07, 6.45) is 1.80. The SMILES string of the molecule is COc1cc2c(cc1-c1c(C)noc1C)[nH]c1nc(C)nc(-c3ccnc(C)c3)c12. The van der Waals surface area contributed by atoms with Crippen LogP contribution < -0.4 is 4.74 Å². The largest absolute Gasteiger partial charge is 0.496 e. The van der Waals surface area contributed by atoms with Gasteiger partial charge in [0.25, 0.3) is 0 Å². The Morgan fingerprint density at radius 2 is 1.87 bits per heavy atom. The van der Waals surface area contributed by atoms with Crippen molar-refractivity contribution in [3.8, 4) is 28.1 Å². The zero-order valence-electron chi connectivity index (χ0n) is 17.5. The molecule has 1 N–H and O–H groups in total. The highest BCUT2D eigenvalue weighted by molar-refractivity contribution is 6.13. The Labute approximate surface area is 173 Å². The zero-order valence-corrected chi connectivity index (χ0v) is 17.5. The van der Waals surface area contributed by atoms with Crippen molar-refractivity contribution in [1.82, 2.24) is 25.1 Å². The molecule has 0 atom stereocenters. The van der Waals surface area contributed by atoms with Crippen molar-refractivity contribution in [1.29, 1.82) is 0 Å². The van der Waals surface area contributed by atoms with Gasteiger partial charge in [0.05, 0.1) is 29.4 Å². The standard InChI is InChI=1S/C23H21N5O2/c1-11-8-15(6-7-24-11)22-21-16-10-19(29-5)17(20-12(2)28-30-13(20)3)9-18(16)27-23(21)26-14(4)25-22/h6-10H,1-5H3,(H,25,26,27). The molecule has 4 heterocycles. The third-order valence-corrected chi connectivity index (χ3v) is 5.36. The Bertz CT molecular complexity index is 1410. The molecule has 0 bridgehead atoms. The van der Waals surface area contributed by atoms with Crippen molar-refractivity contribution in [2.75, 3.05) is 7.11 Å². The fourth-order valence-electron chi connectivity index (χ4n) is 4.07. The number of fused-ring (bicyclic) bond motifs is 3. The first-order valence-electron chi connectivity index (χ1n) is 9.70. The monoisotopic (exact) mass is 399 g/mol. The quantitative estimate of drug-likeness (QED) is 0.455. The van der Waals surface area contributed by atoms with Crippen LogP contribution in [0.5, 0.6) is 5.75 Å². The molecule has 0 aliphatic rings. The van der Waals surface area contributed by atoms with Crippen LogP contribution in [-0.2, 0) is 0 Å². The van der Waals surface area contributed by atoms with Crippen LogP contribution in [-0.4, -0.2) is 32.2 Å². The molecular formula is C23H21N5O2. The number of aromatic nitrogens is 5. The molecule has 0 spiro atoms. The number of benzene rings is 1. The molecule has 0 aliphatic heterocycles. The van der Waals surface area contributed by atoms with E-state index in [1.54, 1.807) is 13.3 Å². The van der Waals surface area contributed by atoms with Crippen molar-refractivity contribution in [2.24, 2.45) is 0 Å². The highest BCUT2D eigenvalue weighted by Gasteiger charge is 2.21. The lowest BCUT2D eigenvalue weighted by Gasteiger charge is -2.09. The molecule has 7 heteroatoms. The molecule has 7 nitrogen and oxygen atoms in total. The molecule has 0 amide bonds. The van der Waals surface area contributed by atoms with Crippen molar-refractivity contribution >= 4 is 21.9 Å². The summed E-state index contributed by atoms with van der Waals surface area (Å²) in [6.45, 7) is 7.71. The molecule has 0 saturated carbocycles. The van der Waals surface area contributed by atoms with Crippen LogP contribution in [0.4, 0.5) is 0 Å². The summed E-state index contributed by atoms with van der Waals surface area (Å²) in [5.41, 5.74) is 7.26. The minimum atomic E-state index is 0.705. The van der Waals surface area contributed by atoms with Gasteiger partial charge in [-0.05, 0) is 52.0 Å². The second kappa shape index (κ2) is 6.66. The first kappa shape index (κ1) is 18.3. The summed E-state index contributed by atoms with van der Waals surface area (Å²) in [7, 11) is 1.67. The Morgan fingerprint density at radius 3 is 2.57 bits per heavy atom. The second-order valence-corrected chi connectivity index (χ2v) is 7.45. The van der Waals surface area contributed by atoms with E-state index in [1.807, 2.05) is 45.9 Å². The van der Waals surface area contributed by atoms with E-state index < -0.39 is 0 Å². The van der Waals surface area contributed by atoms with Crippen LogP contribution in [0.3, 0.4) is 0 Å². The van der Waals surface area contributed by atoms with E-state index in [0.29, 0.717) is 5.82 Å². The lowest BCUT2D eigenvalue weighted by atomic mass is 10.00. The molecule has 0 radical (unpaired) electrons. The Hall–Kier alpha value is -3.74. The van der Waals surface area contributed by atoms with Gasteiger partial charge < -0.3 is 14.2 Å². The van der Waals surface area contributed by atoms with Gasteiger partial charge in [-0.3, -0.25) is 4.98 Å². The predicted molar refractivity (Wildman–Crippen MR) is 116 cm³/mol. The maximum absolute atomic E-state index is 5.76. The number of pyridine rings is 1. The third-order valence-electron chi connectivity index (χ3n) is 5.36. The minimum absolute atomic E-state index is 0.705. The van der Waals surface area contributed by atoms with Crippen molar-refractivity contribution in [3.63, 3.8) is 0 Å². The van der Waals surface area contributed by atoms with E-state index in [9.17, 15) is 0 Å². The molecule has 30 heavy (non-hydrogen) atoms. The number of nitrogens with one attached hydrogen (secondary N) is 1. The molecule has 5 rings (SSSR count). The average molecular weight is 399 g/mol. The molecule has 0 saturated heterocycles.